The number of ether oxygens (including phenoxy) is 3. The number of methoxy groups -OCH3 is 1. The number of aryl methyl sites for hydroxylation is 1. The maximum atomic E-state index is 15.7. The molecule has 2 fully saturated rings. The zero-order chi connectivity index (χ0) is 56.9. The van der Waals surface area contributed by atoms with Crippen molar-refractivity contribution in [2.45, 2.75) is 97.2 Å². The van der Waals surface area contributed by atoms with Gasteiger partial charge in [-0.1, -0.05) is 106 Å². The van der Waals surface area contributed by atoms with E-state index in [-0.39, 0.29) is 78.8 Å². The van der Waals surface area contributed by atoms with Gasteiger partial charge < -0.3 is 44.9 Å². The van der Waals surface area contributed by atoms with Crippen LogP contribution in [-0.2, 0) is 27.4 Å². The Morgan fingerprint density at radius 2 is 1.68 bits per heavy atom. The SMILES string of the molecule is CCc1c(F)ccc2cc(O)cc(-c3ncc4c(N5CCNC(CC)C5)nc(OC[C@H](C)OC)nc4c3OCc3ccc(-c4cn(C(C(=O)N5CCCC5C(=O)NC(CO)c5ccc(-c6ccccc6F)cc5)C(C)C)nn4)cc3)c12. The summed E-state index contributed by atoms with van der Waals surface area (Å²) in [7, 11) is 1.61. The van der Waals surface area contributed by atoms with E-state index in [1.807, 2.05) is 52.0 Å². The van der Waals surface area contributed by atoms with Crippen LogP contribution in [0.1, 0.15) is 82.7 Å². The Bertz CT molecular complexity index is 3550. The van der Waals surface area contributed by atoms with Crippen molar-refractivity contribution in [1.82, 2.24) is 45.5 Å². The Morgan fingerprint density at radius 1 is 0.901 bits per heavy atom. The average molecular weight is 1100 g/mol. The Morgan fingerprint density at radius 3 is 2.41 bits per heavy atom. The van der Waals surface area contributed by atoms with Gasteiger partial charge in [-0.2, -0.15) is 9.97 Å². The van der Waals surface area contributed by atoms with E-state index in [0.717, 1.165) is 24.1 Å². The largest absolute Gasteiger partial charge is 0.508 e. The molecule has 8 aromatic rings. The van der Waals surface area contributed by atoms with Crippen LogP contribution >= 0.6 is 0 Å². The number of benzene rings is 5. The number of aromatic nitrogens is 6. The minimum Gasteiger partial charge on any atom is -0.508 e. The summed E-state index contributed by atoms with van der Waals surface area (Å²) in [5, 5.41) is 38.9. The molecule has 0 spiro atoms. The summed E-state index contributed by atoms with van der Waals surface area (Å²) >= 11 is 0. The van der Waals surface area contributed by atoms with Crippen LogP contribution in [0.15, 0.2) is 109 Å². The summed E-state index contributed by atoms with van der Waals surface area (Å²) in [6.45, 7) is 12.1. The third kappa shape index (κ3) is 11.9. The highest BCUT2D eigenvalue weighted by Gasteiger charge is 2.40. The number of aliphatic hydroxyl groups excluding tert-OH is 1. The van der Waals surface area contributed by atoms with Crippen molar-refractivity contribution in [2.75, 3.05) is 51.4 Å². The van der Waals surface area contributed by atoms with Crippen molar-refractivity contribution in [1.29, 1.82) is 0 Å². The van der Waals surface area contributed by atoms with Crippen LogP contribution < -0.4 is 25.0 Å². The lowest BCUT2D eigenvalue weighted by Crippen LogP contribution is -2.50. The summed E-state index contributed by atoms with van der Waals surface area (Å²) in [6.07, 6.45) is 5.56. The van der Waals surface area contributed by atoms with Gasteiger partial charge in [-0.15, -0.1) is 5.10 Å². The molecular formula is C62H68F2N10O7. The monoisotopic (exact) mass is 1100 g/mol. The van der Waals surface area contributed by atoms with Crippen molar-refractivity contribution >= 4 is 39.3 Å². The fourth-order valence-electron chi connectivity index (χ4n) is 11.0. The molecule has 3 aromatic heterocycles. The van der Waals surface area contributed by atoms with Crippen molar-refractivity contribution in [2.24, 2.45) is 5.92 Å². The van der Waals surface area contributed by atoms with Crippen molar-refractivity contribution in [3.05, 3.63) is 138 Å². The Balaban J connectivity index is 0.914. The molecule has 0 aliphatic carbocycles. The fraction of sp³-hybridized carbons (Fsp3) is 0.371. The molecule has 17 nitrogen and oxygen atoms in total. The number of nitrogens with one attached hydrogen (secondary N) is 2. The smallest absolute Gasteiger partial charge is 0.319 e. The summed E-state index contributed by atoms with van der Waals surface area (Å²) < 4.78 is 50.3. The molecule has 5 atom stereocenters. The Kier molecular flexibility index (Phi) is 17.1. The molecule has 4 unspecified atom stereocenters. The zero-order valence-corrected chi connectivity index (χ0v) is 46.4. The van der Waals surface area contributed by atoms with E-state index in [4.69, 9.17) is 29.2 Å². The van der Waals surface area contributed by atoms with Crippen molar-refractivity contribution in [3.63, 3.8) is 0 Å². The number of aromatic hydroxyl groups is 1. The highest BCUT2D eigenvalue weighted by molar-refractivity contribution is 6.04. The van der Waals surface area contributed by atoms with Crippen LogP contribution in [0.3, 0.4) is 0 Å². The van der Waals surface area contributed by atoms with Crippen molar-refractivity contribution < 1.29 is 42.8 Å². The number of nitrogens with zero attached hydrogens (tertiary/aromatic N) is 8. The standard InChI is InChI=1S/C62H68F2N10O7/c1-7-43-31-72(27-25-65-43)59-48-30-66-55(47-29-44(76)28-42-23-24-50(64)45(8-2)54(42)47)58(56(48)68-62(69-59)81-34-37(5)79-6)80-35-38-15-17-40(18-16-38)51-32-74(71-70-51)57(36(3)4)61(78)73-26-11-14-53(73)60(77)67-52(33-75)41-21-19-39(20-22-41)46-12-9-10-13-49(46)63/h9-10,12-13,15-24,28-30,32,36-37,43,52-53,57,65,75-76H,7-8,11,14,25-27,31,33-35H2,1-6H3,(H,67,77)/t37-,43?,52?,53?,57?/m0/s1. The van der Waals surface area contributed by atoms with Gasteiger partial charge in [-0.25, -0.2) is 13.5 Å². The lowest BCUT2D eigenvalue weighted by atomic mass is 9.94. The molecular weight excluding hydrogens is 1030 g/mol. The minimum atomic E-state index is -0.776. The fourth-order valence-corrected chi connectivity index (χ4v) is 11.0. The van der Waals surface area contributed by atoms with Gasteiger partial charge in [-0.3, -0.25) is 14.6 Å². The molecule has 81 heavy (non-hydrogen) atoms. The summed E-state index contributed by atoms with van der Waals surface area (Å²) in [6, 6.07) is 25.4. The molecule has 0 radical (unpaired) electrons. The molecule has 10 rings (SSSR count). The third-order valence-corrected chi connectivity index (χ3v) is 15.5. The van der Waals surface area contributed by atoms with Crippen molar-refractivity contribution in [3.8, 4) is 51.2 Å². The highest BCUT2D eigenvalue weighted by Crippen LogP contribution is 2.44. The predicted molar refractivity (Wildman–Crippen MR) is 306 cm³/mol. The van der Waals surface area contributed by atoms with Gasteiger partial charge >= 0.3 is 6.01 Å². The van der Waals surface area contributed by atoms with Crippen LogP contribution in [-0.4, -0.2) is 122 Å². The molecule has 0 saturated carbocycles. The summed E-state index contributed by atoms with van der Waals surface area (Å²) in [5.74, 6) is -0.704. The van der Waals surface area contributed by atoms with Crippen LogP contribution in [0.25, 0.3) is 55.3 Å². The molecule has 19 heteroatoms. The van der Waals surface area contributed by atoms with Gasteiger partial charge in [0.1, 0.15) is 65.4 Å². The number of carbonyl (C=O) groups is 2. The molecule has 422 valence electrons. The van der Waals surface area contributed by atoms with Gasteiger partial charge in [0.2, 0.25) is 11.8 Å². The number of rotatable bonds is 20. The van der Waals surface area contributed by atoms with Gasteiger partial charge in [0, 0.05) is 62.2 Å². The first-order valence-electron chi connectivity index (χ1n) is 27.8. The van der Waals surface area contributed by atoms with E-state index in [9.17, 15) is 24.2 Å². The summed E-state index contributed by atoms with van der Waals surface area (Å²) in [5.41, 5.74) is 5.50. The molecule has 2 amide bonds. The number of aliphatic hydroxyl groups is 1. The average Bonchev–Trinajstić information content (AvgIpc) is 4.24. The lowest BCUT2D eigenvalue weighted by molar-refractivity contribution is -0.142. The second kappa shape index (κ2) is 24.7. The molecule has 2 aliphatic heterocycles. The first-order chi connectivity index (χ1) is 39.3. The lowest BCUT2D eigenvalue weighted by Gasteiger charge is -2.34. The maximum absolute atomic E-state index is 15.7. The number of carbonyl (C=O) groups excluding carboxylic acids is 2. The Labute approximate surface area is 469 Å². The number of fused-ring (bicyclic) bond motifs is 2. The van der Waals surface area contributed by atoms with E-state index in [2.05, 4.69) is 32.8 Å². The first-order valence-corrected chi connectivity index (χ1v) is 27.8. The molecule has 4 N–H and O–H groups in total. The topological polar surface area (TPSA) is 202 Å². The second-order valence-corrected chi connectivity index (χ2v) is 21.2. The van der Waals surface area contributed by atoms with Gasteiger partial charge in [0.05, 0.1) is 30.3 Å². The van der Waals surface area contributed by atoms with Crippen LogP contribution in [0.5, 0.6) is 17.5 Å². The molecule has 2 aliphatic rings. The zero-order valence-electron chi connectivity index (χ0n) is 46.4. The van der Waals surface area contributed by atoms with E-state index < -0.39 is 18.1 Å². The maximum Gasteiger partial charge on any atom is 0.319 e. The van der Waals surface area contributed by atoms with Crippen LogP contribution in [0.2, 0.25) is 0 Å². The second-order valence-electron chi connectivity index (χ2n) is 21.2. The molecule has 5 aromatic carbocycles. The number of amides is 2. The predicted octanol–water partition coefficient (Wildman–Crippen LogP) is 9.54. The number of pyridine rings is 1. The molecule has 0 bridgehead atoms. The quantitative estimate of drug-likeness (QED) is 0.0562. The van der Waals surface area contributed by atoms with E-state index in [0.29, 0.717) is 106 Å². The van der Waals surface area contributed by atoms with E-state index in [1.54, 1.807) is 89.7 Å². The number of likely N-dealkylation sites (tertiary alicyclic amines) is 1. The molecule has 5 heterocycles. The number of piperazine rings is 1. The summed E-state index contributed by atoms with van der Waals surface area (Å²) in [4.78, 5) is 47.3. The number of hydrogen-bond acceptors (Lipinski definition) is 14. The van der Waals surface area contributed by atoms with Crippen LogP contribution in [0, 0.1) is 17.6 Å². The normalized spacial score (nSPS) is 16.7. The number of hydrogen-bond donors (Lipinski definition) is 4. The van der Waals surface area contributed by atoms with Crippen LogP contribution in [0.4, 0.5) is 14.6 Å². The van der Waals surface area contributed by atoms with E-state index >= 15 is 4.39 Å². The number of halogens is 2. The van der Waals surface area contributed by atoms with Gasteiger partial charge in [-0.05, 0) is 95.8 Å². The molecule has 2 saturated heterocycles. The van der Waals surface area contributed by atoms with E-state index in [1.165, 1.54) is 12.1 Å². The van der Waals surface area contributed by atoms with Gasteiger partial charge in [0.15, 0.2) is 5.75 Å². The third-order valence-electron chi connectivity index (χ3n) is 15.5. The number of phenols is 1. The highest BCUT2D eigenvalue weighted by atomic mass is 19.1. The van der Waals surface area contributed by atoms with Gasteiger partial charge in [0.25, 0.3) is 0 Å². The first kappa shape index (κ1) is 56.2. The number of anilines is 1. The minimum absolute atomic E-state index is 0.0258. The Hall–Kier alpha value is -8.13. The number of phenolic OH excluding ortho intramolecular Hbond substituents is 1.